The first-order valence-electron chi connectivity index (χ1n) is 8.75. The third kappa shape index (κ3) is 3.11. The second kappa shape index (κ2) is 7.19. The van der Waals surface area contributed by atoms with Crippen LogP contribution in [0.25, 0.3) is 16.5 Å². The number of hydrogen-bond acceptors (Lipinski definition) is 6. The number of benzene rings is 2. The molecule has 0 bridgehead atoms. The summed E-state index contributed by atoms with van der Waals surface area (Å²) in [5.74, 6) is -0.583. The van der Waals surface area contributed by atoms with Crippen molar-refractivity contribution in [3.05, 3.63) is 70.6 Å². The van der Waals surface area contributed by atoms with E-state index in [4.69, 9.17) is 14.2 Å². The van der Waals surface area contributed by atoms with Crippen LogP contribution in [0, 0.1) is 0 Å². The molecule has 1 aliphatic rings. The van der Waals surface area contributed by atoms with Gasteiger partial charge in [-0.15, -0.1) is 0 Å². The third-order valence-electron chi connectivity index (χ3n) is 4.63. The summed E-state index contributed by atoms with van der Waals surface area (Å²) in [7, 11) is 1.55. The van der Waals surface area contributed by atoms with Crippen molar-refractivity contribution in [3.8, 4) is 11.4 Å². The van der Waals surface area contributed by atoms with Gasteiger partial charge >= 0.3 is 11.9 Å². The molecule has 4 rings (SSSR count). The SMILES string of the molecule is COc1ccc(-n2cc(C(=O)O[C@H]3CCOC3=O)c3ccccc3c2=O)cc1. The van der Waals surface area contributed by atoms with Gasteiger partial charge in [0.1, 0.15) is 5.75 Å². The minimum atomic E-state index is -0.923. The summed E-state index contributed by atoms with van der Waals surface area (Å²) in [5, 5.41) is 0.843. The Balaban J connectivity index is 1.83. The van der Waals surface area contributed by atoms with Crippen LogP contribution in [0.5, 0.6) is 5.75 Å². The predicted molar refractivity (Wildman–Crippen MR) is 101 cm³/mol. The molecule has 1 saturated heterocycles. The highest BCUT2D eigenvalue weighted by atomic mass is 16.6. The zero-order valence-corrected chi connectivity index (χ0v) is 15.1. The van der Waals surface area contributed by atoms with Crippen LogP contribution in [0.15, 0.2) is 59.5 Å². The van der Waals surface area contributed by atoms with Crippen LogP contribution in [-0.4, -0.2) is 36.3 Å². The van der Waals surface area contributed by atoms with E-state index in [1.165, 1.54) is 10.8 Å². The van der Waals surface area contributed by atoms with Crippen LogP contribution in [0.1, 0.15) is 16.8 Å². The van der Waals surface area contributed by atoms with E-state index in [0.717, 1.165) is 0 Å². The monoisotopic (exact) mass is 379 g/mol. The fraction of sp³-hybridized carbons (Fsp3) is 0.190. The van der Waals surface area contributed by atoms with Crippen molar-refractivity contribution in [1.82, 2.24) is 4.57 Å². The van der Waals surface area contributed by atoms with Crippen molar-refractivity contribution >= 4 is 22.7 Å². The zero-order valence-electron chi connectivity index (χ0n) is 15.1. The molecule has 7 nitrogen and oxygen atoms in total. The van der Waals surface area contributed by atoms with Gasteiger partial charge in [-0.3, -0.25) is 9.36 Å². The smallest absolute Gasteiger partial charge is 0.347 e. The molecule has 1 fully saturated rings. The number of nitrogens with zero attached hydrogens (tertiary/aromatic N) is 1. The van der Waals surface area contributed by atoms with E-state index in [-0.39, 0.29) is 17.7 Å². The normalized spacial score (nSPS) is 16.0. The maximum absolute atomic E-state index is 13.0. The van der Waals surface area contributed by atoms with Gasteiger partial charge in [0.15, 0.2) is 0 Å². The van der Waals surface area contributed by atoms with Crippen molar-refractivity contribution < 1.29 is 23.8 Å². The van der Waals surface area contributed by atoms with Crippen LogP contribution in [0.2, 0.25) is 0 Å². The lowest BCUT2D eigenvalue weighted by atomic mass is 10.1. The molecule has 1 aliphatic heterocycles. The average Bonchev–Trinajstić information content (AvgIpc) is 3.13. The lowest BCUT2D eigenvalue weighted by molar-refractivity contribution is -0.145. The Hall–Kier alpha value is -3.61. The van der Waals surface area contributed by atoms with Crippen molar-refractivity contribution in [1.29, 1.82) is 0 Å². The van der Waals surface area contributed by atoms with E-state index in [9.17, 15) is 14.4 Å². The number of hydrogen-bond donors (Lipinski definition) is 0. The summed E-state index contributed by atoms with van der Waals surface area (Å²) >= 11 is 0. The maximum atomic E-state index is 13.0. The van der Waals surface area contributed by atoms with Gasteiger partial charge in [-0.25, -0.2) is 9.59 Å². The van der Waals surface area contributed by atoms with Crippen molar-refractivity contribution in [2.45, 2.75) is 12.5 Å². The van der Waals surface area contributed by atoms with Crippen LogP contribution >= 0.6 is 0 Å². The van der Waals surface area contributed by atoms with Gasteiger partial charge in [-0.2, -0.15) is 0 Å². The number of pyridine rings is 1. The molecule has 7 heteroatoms. The molecule has 0 saturated carbocycles. The van der Waals surface area contributed by atoms with Crippen molar-refractivity contribution in [2.75, 3.05) is 13.7 Å². The molecule has 3 aromatic rings. The molecular formula is C21H17NO6. The zero-order chi connectivity index (χ0) is 19.7. The fourth-order valence-corrected chi connectivity index (χ4v) is 3.17. The summed E-state index contributed by atoms with van der Waals surface area (Å²) in [6.07, 6.45) is 0.836. The first kappa shape index (κ1) is 17.8. The number of ether oxygens (including phenoxy) is 3. The van der Waals surface area contributed by atoms with E-state index in [0.29, 0.717) is 28.6 Å². The number of esters is 2. The molecule has 28 heavy (non-hydrogen) atoms. The summed E-state index contributed by atoms with van der Waals surface area (Å²) in [6, 6.07) is 13.7. The average molecular weight is 379 g/mol. The number of fused-ring (bicyclic) bond motifs is 1. The predicted octanol–water partition coefficient (Wildman–Crippen LogP) is 2.47. The first-order chi connectivity index (χ1) is 13.6. The third-order valence-corrected chi connectivity index (χ3v) is 4.63. The number of aromatic nitrogens is 1. The van der Waals surface area contributed by atoms with E-state index in [1.807, 2.05) is 0 Å². The molecule has 2 heterocycles. The Morgan fingerprint density at radius 1 is 1.07 bits per heavy atom. The van der Waals surface area contributed by atoms with Crippen LogP contribution in [0.3, 0.4) is 0 Å². The van der Waals surface area contributed by atoms with Crippen LogP contribution in [0.4, 0.5) is 0 Å². The van der Waals surface area contributed by atoms with Gasteiger partial charge in [0, 0.05) is 29.1 Å². The van der Waals surface area contributed by atoms with Gasteiger partial charge in [0.25, 0.3) is 5.56 Å². The Kier molecular flexibility index (Phi) is 4.57. The van der Waals surface area contributed by atoms with Crippen molar-refractivity contribution in [2.24, 2.45) is 0 Å². The van der Waals surface area contributed by atoms with Gasteiger partial charge in [0.05, 0.1) is 19.3 Å². The molecular weight excluding hydrogens is 362 g/mol. The highest BCUT2D eigenvalue weighted by molar-refractivity contribution is 6.04. The van der Waals surface area contributed by atoms with Gasteiger partial charge < -0.3 is 14.2 Å². The summed E-state index contributed by atoms with van der Waals surface area (Å²) in [6.45, 7) is 0.225. The molecule has 0 N–H and O–H groups in total. The molecule has 1 aromatic heterocycles. The quantitative estimate of drug-likeness (QED) is 0.648. The van der Waals surface area contributed by atoms with E-state index >= 15 is 0 Å². The summed E-state index contributed by atoms with van der Waals surface area (Å²) in [5.41, 5.74) is 0.509. The fourth-order valence-electron chi connectivity index (χ4n) is 3.17. The lowest BCUT2D eigenvalue weighted by Crippen LogP contribution is -2.25. The topological polar surface area (TPSA) is 83.8 Å². The molecule has 0 unspecified atom stereocenters. The molecule has 2 aromatic carbocycles. The maximum Gasteiger partial charge on any atom is 0.347 e. The molecule has 0 radical (unpaired) electrons. The highest BCUT2D eigenvalue weighted by Crippen LogP contribution is 2.21. The van der Waals surface area contributed by atoms with Gasteiger partial charge in [-0.1, -0.05) is 18.2 Å². The van der Waals surface area contributed by atoms with E-state index in [2.05, 4.69) is 0 Å². The van der Waals surface area contributed by atoms with E-state index in [1.54, 1.807) is 55.6 Å². The largest absolute Gasteiger partial charge is 0.497 e. The number of rotatable bonds is 4. The molecule has 142 valence electrons. The molecule has 0 amide bonds. The second-order valence-corrected chi connectivity index (χ2v) is 6.31. The van der Waals surface area contributed by atoms with Crippen LogP contribution < -0.4 is 10.3 Å². The second-order valence-electron chi connectivity index (χ2n) is 6.31. The first-order valence-corrected chi connectivity index (χ1v) is 8.75. The summed E-state index contributed by atoms with van der Waals surface area (Å²) in [4.78, 5) is 37.4. The standard InChI is InChI=1S/C21H17NO6/c1-26-14-8-6-13(7-9-14)22-12-17(15-4-2-3-5-16(15)19(22)23)20(24)28-18-10-11-27-21(18)25/h2-9,12,18H,10-11H2,1H3/t18-/m0/s1. The molecule has 0 aliphatic carbocycles. The van der Waals surface area contributed by atoms with Gasteiger partial charge in [0.2, 0.25) is 6.10 Å². The van der Waals surface area contributed by atoms with Crippen molar-refractivity contribution in [3.63, 3.8) is 0 Å². The minimum absolute atomic E-state index is 0.200. The number of carbonyl (C=O) groups is 2. The Morgan fingerprint density at radius 2 is 1.79 bits per heavy atom. The number of carbonyl (C=O) groups excluding carboxylic acids is 2. The minimum Gasteiger partial charge on any atom is -0.497 e. The highest BCUT2D eigenvalue weighted by Gasteiger charge is 2.31. The summed E-state index contributed by atoms with van der Waals surface area (Å²) < 4.78 is 16.7. The number of cyclic esters (lactones) is 1. The van der Waals surface area contributed by atoms with Gasteiger partial charge in [-0.05, 0) is 30.3 Å². The Bertz CT molecular complexity index is 1120. The van der Waals surface area contributed by atoms with Crippen LogP contribution in [-0.2, 0) is 14.3 Å². The molecule has 0 spiro atoms. The lowest BCUT2D eigenvalue weighted by Gasteiger charge is -2.14. The Labute approximate surface area is 160 Å². The number of methoxy groups -OCH3 is 1. The molecule has 1 atom stereocenters. The van der Waals surface area contributed by atoms with E-state index < -0.39 is 18.0 Å². The Morgan fingerprint density at radius 3 is 2.43 bits per heavy atom.